The van der Waals surface area contributed by atoms with Crippen LogP contribution >= 0.6 is 0 Å². The minimum absolute atomic E-state index is 0.0327. The lowest BCUT2D eigenvalue weighted by Gasteiger charge is -1.95. The molecule has 0 bridgehead atoms. The van der Waals surface area contributed by atoms with E-state index in [4.69, 9.17) is 4.74 Å². The maximum absolute atomic E-state index is 10.5. The van der Waals surface area contributed by atoms with E-state index in [2.05, 4.69) is 10.8 Å². The Hall–Kier alpha value is -0.390. The Morgan fingerprint density at radius 2 is 2.40 bits per heavy atom. The Morgan fingerprint density at radius 3 is 2.80 bits per heavy atom. The molecule has 1 unspecified atom stereocenters. The van der Waals surface area contributed by atoms with E-state index in [1.807, 2.05) is 0 Å². The van der Waals surface area contributed by atoms with Crippen molar-refractivity contribution >= 4 is 10.1 Å². The molecule has 0 aromatic heterocycles. The molecule has 1 aliphatic rings. The average molecular weight is 164 g/mol. The molecule has 1 atom stereocenters. The Bertz CT molecular complexity index is 214. The second-order valence-electron chi connectivity index (χ2n) is 1.90. The molecule has 10 heavy (non-hydrogen) atoms. The van der Waals surface area contributed by atoms with Crippen molar-refractivity contribution in [1.29, 1.82) is 0 Å². The van der Waals surface area contributed by atoms with Crippen LogP contribution in [0.4, 0.5) is 0 Å². The fourth-order valence-corrected chi connectivity index (χ4v) is 0.821. The van der Waals surface area contributed by atoms with Gasteiger partial charge >= 0.3 is 0 Å². The standard InChI is InChI=1S/C5H8O4S/c1-2-10(6,7)9-4-5-3-8-5/h2,5H,1,3-4H2. The molecule has 1 heterocycles. The topological polar surface area (TPSA) is 55.9 Å². The van der Waals surface area contributed by atoms with Crippen molar-refractivity contribution in [2.24, 2.45) is 0 Å². The highest BCUT2D eigenvalue weighted by molar-refractivity contribution is 7.89. The third-order valence-electron chi connectivity index (χ3n) is 1.02. The van der Waals surface area contributed by atoms with Crippen molar-refractivity contribution in [1.82, 2.24) is 0 Å². The van der Waals surface area contributed by atoms with Crippen LogP contribution in [0.25, 0.3) is 0 Å². The summed E-state index contributed by atoms with van der Waals surface area (Å²) in [5.74, 6) is 0. The van der Waals surface area contributed by atoms with Gasteiger partial charge in [0, 0.05) is 0 Å². The van der Waals surface area contributed by atoms with Crippen LogP contribution < -0.4 is 0 Å². The van der Waals surface area contributed by atoms with Crippen molar-refractivity contribution < 1.29 is 17.3 Å². The molecular formula is C5H8O4S. The van der Waals surface area contributed by atoms with Gasteiger partial charge in [0.05, 0.1) is 18.6 Å². The molecule has 1 fully saturated rings. The minimum atomic E-state index is -3.49. The molecule has 0 aromatic carbocycles. The summed E-state index contributed by atoms with van der Waals surface area (Å²) in [6, 6.07) is 0. The summed E-state index contributed by atoms with van der Waals surface area (Å²) in [6.07, 6.45) is -0.0327. The molecule has 0 aromatic rings. The second-order valence-corrected chi connectivity index (χ2v) is 3.45. The van der Waals surface area contributed by atoms with E-state index in [-0.39, 0.29) is 12.7 Å². The average Bonchev–Trinajstić information content (AvgIpc) is 2.66. The fraction of sp³-hybridized carbons (Fsp3) is 0.600. The van der Waals surface area contributed by atoms with E-state index in [0.717, 1.165) is 5.41 Å². The highest BCUT2D eigenvalue weighted by Gasteiger charge is 2.24. The quantitative estimate of drug-likeness (QED) is 0.429. The summed E-state index contributed by atoms with van der Waals surface area (Å²) in [6.45, 7) is 3.77. The van der Waals surface area contributed by atoms with E-state index in [1.54, 1.807) is 0 Å². The van der Waals surface area contributed by atoms with Crippen LogP contribution in [0.1, 0.15) is 0 Å². The summed E-state index contributed by atoms with van der Waals surface area (Å²) in [5, 5.41) is 0.773. The zero-order valence-electron chi connectivity index (χ0n) is 5.32. The lowest BCUT2D eigenvalue weighted by Crippen LogP contribution is -2.07. The SMILES string of the molecule is C=CS(=O)(=O)OCC1CO1. The van der Waals surface area contributed by atoms with Gasteiger partial charge in [0.15, 0.2) is 0 Å². The van der Waals surface area contributed by atoms with Crippen LogP contribution in [-0.4, -0.2) is 27.7 Å². The van der Waals surface area contributed by atoms with Crippen molar-refractivity contribution in [3.63, 3.8) is 0 Å². The molecule has 58 valence electrons. The first-order chi connectivity index (χ1) is 4.64. The molecule has 5 heteroatoms. The van der Waals surface area contributed by atoms with Gasteiger partial charge in [-0.3, -0.25) is 4.18 Å². The van der Waals surface area contributed by atoms with Gasteiger partial charge < -0.3 is 4.74 Å². The first kappa shape index (κ1) is 7.71. The third-order valence-corrected chi connectivity index (χ3v) is 1.90. The Kier molecular flexibility index (Phi) is 2.08. The number of rotatable bonds is 4. The molecule has 0 radical (unpaired) electrons. The Labute approximate surface area is 59.6 Å². The van der Waals surface area contributed by atoms with Gasteiger partial charge in [-0.05, 0) is 0 Å². The highest BCUT2D eigenvalue weighted by atomic mass is 32.2. The molecule has 0 amide bonds. The number of epoxide rings is 1. The van der Waals surface area contributed by atoms with Crippen LogP contribution in [0.15, 0.2) is 12.0 Å². The monoisotopic (exact) mass is 164 g/mol. The van der Waals surface area contributed by atoms with Crippen LogP contribution in [0.2, 0.25) is 0 Å². The Morgan fingerprint density at radius 1 is 1.80 bits per heavy atom. The van der Waals surface area contributed by atoms with E-state index < -0.39 is 10.1 Å². The maximum Gasteiger partial charge on any atom is 0.289 e. The summed E-state index contributed by atoms with van der Waals surface area (Å²) >= 11 is 0. The summed E-state index contributed by atoms with van der Waals surface area (Å²) in [7, 11) is -3.49. The zero-order valence-corrected chi connectivity index (χ0v) is 6.13. The lowest BCUT2D eigenvalue weighted by molar-refractivity contribution is 0.270. The predicted octanol–water partition coefficient (Wildman–Crippen LogP) is -0.125. The molecule has 1 rings (SSSR count). The molecule has 1 aliphatic heterocycles. The van der Waals surface area contributed by atoms with E-state index >= 15 is 0 Å². The summed E-state index contributed by atoms with van der Waals surface area (Å²) in [4.78, 5) is 0. The van der Waals surface area contributed by atoms with Crippen LogP contribution in [0.5, 0.6) is 0 Å². The number of ether oxygens (including phenoxy) is 1. The molecule has 1 saturated heterocycles. The van der Waals surface area contributed by atoms with Gasteiger partial charge in [-0.15, -0.1) is 0 Å². The first-order valence-electron chi connectivity index (χ1n) is 2.77. The fourth-order valence-electron chi connectivity index (χ4n) is 0.383. The van der Waals surface area contributed by atoms with Gasteiger partial charge in [-0.2, -0.15) is 8.42 Å². The molecule has 0 aliphatic carbocycles. The molecule has 0 spiro atoms. The lowest BCUT2D eigenvalue weighted by atomic mass is 10.5. The van der Waals surface area contributed by atoms with Crippen molar-refractivity contribution in [2.45, 2.75) is 6.10 Å². The van der Waals surface area contributed by atoms with Gasteiger partial charge in [0.25, 0.3) is 10.1 Å². The van der Waals surface area contributed by atoms with Crippen molar-refractivity contribution in [2.75, 3.05) is 13.2 Å². The van der Waals surface area contributed by atoms with Gasteiger partial charge in [0.1, 0.15) is 6.10 Å². The minimum Gasteiger partial charge on any atom is -0.371 e. The number of hydrogen-bond donors (Lipinski definition) is 0. The smallest absolute Gasteiger partial charge is 0.289 e. The maximum atomic E-state index is 10.5. The molecule has 0 saturated carbocycles. The van der Waals surface area contributed by atoms with Gasteiger partial charge in [-0.25, -0.2) is 0 Å². The van der Waals surface area contributed by atoms with E-state index in [0.29, 0.717) is 6.61 Å². The third kappa shape index (κ3) is 2.47. The molecule has 0 N–H and O–H groups in total. The first-order valence-corrected chi connectivity index (χ1v) is 4.24. The zero-order chi connectivity index (χ0) is 7.61. The highest BCUT2D eigenvalue weighted by Crippen LogP contribution is 2.10. The van der Waals surface area contributed by atoms with Gasteiger partial charge in [-0.1, -0.05) is 6.58 Å². The van der Waals surface area contributed by atoms with E-state index in [9.17, 15) is 8.42 Å². The Balaban J connectivity index is 2.29. The summed E-state index contributed by atoms with van der Waals surface area (Å²) in [5.41, 5.74) is 0. The second kappa shape index (κ2) is 2.69. The van der Waals surface area contributed by atoms with Crippen molar-refractivity contribution in [3.8, 4) is 0 Å². The molecular weight excluding hydrogens is 156 g/mol. The number of hydrogen-bond acceptors (Lipinski definition) is 4. The van der Waals surface area contributed by atoms with Crippen LogP contribution in [-0.2, 0) is 19.0 Å². The molecule has 4 nitrogen and oxygen atoms in total. The van der Waals surface area contributed by atoms with Crippen LogP contribution in [0, 0.1) is 0 Å². The largest absolute Gasteiger partial charge is 0.371 e. The van der Waals surface area contributed by atoms with Crippen molar-refractivity contribution in [3.05, 3.63) is 12.0 Å². The normalized spacial score (nSPS) is 24.2. The van der Waals surface area contributed by atoms with Crippen LogP contribution in [0.3, 0.4) is 0 Å². The van der Waals surface area contributed by atoms with E-state index in [1.165, 1.54) is 0 Å². The van der Waals surface area contributed by atoms with Gasteiger partial charge in [0.2, 0.25) is 0 Å². The summed E-state index contributed by atoms with van der Waals surface area (Å²) < 4.78 is 30.2. The predicted molar refractivity (Wildman–Crippen MR) is 34.8 cm³/mol.